The molecular weight excluding hydrogens is 356 g/mol. The van der Waals surface area contributed by atoms with E-state index in [4.69, 9.17) is 9.47 Å². The molecule has 0 spiro atoms. The highest BCUT2D eigenvalue weighted by Gasteiger charge is 2.14. The monoisotopic (exact) mass is 378 g/mol. The first kappa shape index (κ1) is 19.9. The van der Waals surface area contributed by atoms with E-state index in [1.54, 1.807) is 24.3 Å². The number of amides is 2. The first-order valence-corrected chi connectivity index (χ1v) is 8.84. The maximum absolute atomic E-state index is 12.1. The van der Waals surface area contributed by atoms with Gasteiger partial charge in [0.2, 0.25) is 0 Å². The molecule has 0 aliphatic carbocycles. The van der Waals surface area contributed by atoms with Crippen molar-refractivity contribution in [1.29, 1.82) is 0 Å². The molecular formula is C18H22N2O5S. The molecule has 0 saturated carbocycles. The lowest BCUT2D eigenvalue weighted by molar-refractivity contribution is -0.0974. The minimum atomic E-state index is -0.981. The van der Waals surface area contributed by atoms with Crippen LogP contribution >= 0.6 is 11.3 Å². The number of carbonyl (C=O) groups is 2. The van der Waals surface area contributed by atoms with Gasteiger partial charge in [0.25, 0.3) is 5.91 Å². The highest BCUT2D eigenvalue weighted by Crippen LogP contribution is 2.15. The van der Waals surface area contributed by atoms with E-state index in [1.165, 1.54) is 30.5 Å². The average Bonchev–Trinajstić information content (AvgIpc) is 3.15. The van der Waals surface area contributed by atoms with Crippen molar-refractivity contribution >= 4 is 23.3 Å². The molecule has 0 fully saturated rings. The van der Waals surface area contributed by atoms with E-state index in [2.05, 4.69) is 5.32 Å². The van der Waals surface area contributed by atoms with Crippen LogP contribution in [0.4, 0.5) is 4.79 Å². The number of rotatable bonds is 9. The molecule has 26 heavy (non-hydrogen) atoms. The van der Waals surface area contributed by atoms with Crippen molar-refractivity contribution in [2.45, 2.75) is 19.4 Å². The van der Waals surface area contributed by atoms with Crippen molar-refractivity contribution in [1.82, 2.24) is 10.2 Å². The van der Waals surface area contributed by atoms with Gasteiger partial charge in [-0.05, 0) is 29.1 Å². The van der Waals surface area contributed by atoms with Crippen molar-refractivity contribution < 1.29 is 24.2 Å². The van der Waals surface area contributed by atoms with E-state index in [0.717, 1.165) is 10.4 Å². The number of ether oxygens (including phenoxy) is 2. The summed E-state index contributed by atoms with van der Waals surface area (Å²) in [6.45, 7) is 0.830. The van der Waals surface area contributed by atoms with Crippen LogP contribution in [0.3, 0.4) is 0 Å². The number of nitrogens with one attached hydrogen (secondary N) is 1. The van der Waals surface area contributed by atoms with E-state index < -0.39 is 12.4 Å². The average molecular weight is 378 g/mol. The van der Waals surface area contributed by atoms with Crippen molar-refractivity contribution in [3.05, 3.63) is 57.8 Å². The Morgan fingerprint density at radius 3 is 2.38 bits per heavy atom. The topological polar surface area (TPSA) is 88.1 Å². The number of carboxylic acid groups (broad SMARTS) is 1. The van der Waals surface area contributed by atoms with Gasteiger partial charge in [-0.15, -0.1) is 11.3 Å². The number of thiophene rings is 1. The van der Waals surface area contributed by atoms with E-state index >= 15 is 0 Å². The summed E-state index contributed by atoms with van der Waals surface area (Å²) in [6, 6.07) is 10.6. The molecule has 1 aromatic heterocycles. The van der Waals surface area contributed by atoms with Crippen molar-refractivity contribution in [2.75, 3.05) is 20.8 Å². The van der Waals surface area contributed by atoms with E-state index in [9.17, 15) is 14.7 Å². The van der Waals surface area contributed by atoms with Gasteiger partial charge in [0.15, 0.2) is 6.29 Å². The highest BCUT2D eigenvalue weighted by molar-refractivity contribution is 7.09. The summed E-state index contributed by atoms with van der Waals surface area (Å²) in [6.07, 6.45) is -1.48. The summed E-state index contributed by atoms with van der Waals surface area (Å²) in [5, 5.41) is 14.0. The Hall–Kier alpha value is -2.42. The first-order valence-electron chi connectivity index (χ1n) is 7.96. The molecule has 0 saturated heterocycles. The van der Waals surface area contributed by atoms with Gasteiger partial charge in [0.1, 0.15) is 0 Å². The molecule has 0 bridgehead atoms. The first-order chi connectivity index (χ1) is 12.5. The van der Waals surface area contributed by atoms with E-state index in [-0.39, 0.29) is 19.0 Å². The minimum absolute atomic E-state index is 0.237. The molecule has 0 atom stereocenters. The third kappa shape index (κ3) is 5.83. The Bertz CT molecular complexity index is 699. The quantitative estimate of drug-likeness (QED) is 0.655. The van der Waals surface area contributed by atoms with Gasteiger partial charge in [-0.2, -0.15) is 0 Å². The summed E-state index contributed by atoms with van der Waals surface area (Å²) in [5.74, 6) is -0.246. The van der Waals surface area contributed by atoms with Gasteiger partial charge in [0, 0.05) is 31.2 Å². The minimum Gasteiger partial charge on any atom is -0.465 e. The van der Waals surface area contributed by atoms with Crippen LogP contribution in [0.25, 0.3) is 0 Å². The zero-order valence-corrected chi connectivity index (χ0v) is 15.5. The molecule has 2 aromatic rings. The molecule has 2 amide bonds. The fourth-order valence-electron chi connectivity index (χ4n) is 2.30. The molecule has 2 N–H and O–H groups in total. The second-order valence-corrected chi connectivity index (χ2v) is 6.56. The summed E-state index contributed by atoms with van der Waals surface area (Å²) >= 11 is 1.52. The summed E-state index contributed by atoms with van der Waals surface area (Å²) < 4.78 is 10.0. The van der Waals surface area contributed by atoms with Crippen LogP contribution in [-0.4, -0.2) is 49.1 Å². The number of nitrogens with zero attached hydrogens (tertiary/aromatic N) is 1. The van der Waals surface area contributed by atoms with Crippen LogP contribution in [0.5, 0.6) is 0 Å². The molecule has 2 rings (SSSR count). The van der Waals surface area contributed by atoms with Crippen molar-refractivity contribution in [3.8, 4) is 0 Å². The molecule has 0 radical (unpaired) electrons. The van der Waals surface area contributed by atoms with Gasteiger partial charge >= 0.3 is 6.09 Å². The lowest BCUT2D eigenvalue weighted by Crippen LogP contribution is -2.34. The molecule has 0 aliphatic heterocycles. The molecule has 0 unspecified atom stereocenters. The smallest absolute Gasteiger partial charge is 0.407 e. The molecule has 1 aromatic carbocycles. The number of methoxy groups -OCH3 is 2. The third-order valence-electron chi connectivity index (χ3n) is 3.74. The Morgan fingerprint density at radius 2 is 1.85 bits per heavy atom. The van der Waals surface area contributed by atoms with Gasteiger partial charge in [-0.3, -0.25) is 9.69 Å². The number of hydrogen-bond donors (Lipinski definition) is 2. The lowest BCUT2D eigenvalue weighted by atomic mass is 10.1. The zero-order chi connectivity index (χ0) is 18.9. The van der Waals surface area contributed by atoms with Gasteiger partial charge in [-0.1, -0.05) is 18.2 Å². The Labute approximate surface area is 156 Å². The second-order valence-electron chi connectivity index (χ2n) is 5.53. The normalized spacial score (nSPS) is 10.7. The van der Waals surface area contributed by atoms with Crippen LogP contribution < -0.4 is 5.32 Å². The number of carbonyl (C=O) groups excluding carboxylic acids is 1. The van der Waals surface area contributed by atoms with E-state index in [0.29, 0.717) is 12.1 Å². The van der Waals surface area contributed by atoms with Gasteiger partial charge < -0.3 is 19.9 Å². The highest BCUT2D eigenvalue weighted by atomic mass is 32.1. The molecule has 0 aliphatic rings. The standard InChI is InChI=1S/C18H22N2O5S/c1-24-16(25-2)10-19-17(21)14-7-5-13(6-8-14)11-20(18(22)23)12-15-4-3-9-26-15/h3-9,16H,10-12H2,1-2H3,(H,19,21)(H,22,23). The van der Waals surface area contributed by atoms with Crippen molar-refractivity contribution in [3.63, 3.8) is 0 Å². The Kier molecular flexibility index (Phi) is 7.58. The predicted molar refractivity (Wildman–Crippen MR) is 98.2 cm³/mol. The second kappa shape index (κ2) is 9.91. The van der Waals surface area contributed by atoms with Crippen molar-refractivity contribution in [2.24, 2.45) is 0 Å². The number of hydrogen-bond acceptors (Lipinski definition) is 5. The fourth-order valence-corrected chi connectivity index (χ4v) is 3.02. The SMILES string of the molecule is COC(CNC(=O)c1ccc(CN(Cc2cccs2)C(=O)O)cc1)OC. The molecule has 1 heterocycles. The van der Waals surface area contributed by atoms with Gasteiger partial charge in [-0.25, -0.2) is 4.79 Å². The molecule has 7 nitrogen and oxygen atoms in total. The summed E-state index contributed by atoms with van der Waals surface area (Å²) in [5.41, 5.74) is 1.30. The Balaban J connectivity index is 1.94. The number of benzene rings is 1. The van der Waals surface area contributed by atoms with Crippen LogP contribution in [0.15, 0.2) is 41.8 Å². The lowest BCUT2D eigenvalue weighted by Gasteiger charge is -2.18. The van der Waals surface area contributed by atoms with Gasteiger partial charge in [0.05, 0.1) is 13.1 Å². The van der Waals surface area contributed by atoms with Crippen LogP contribution in [-0.2, 0) is 22.6 Å². The predicted octanol–water partition coefficient (Wildman–Crippen LogP) is 2.78. The largest absolute Gasteiger partial charge is 0.465 e. The van der Waals surface area contributed by atoms with E-state index in [1.807, 2.05) is 17.5 Å². The molecule has 140 valence electrons. The maximum Gasteiger partial charge on any atom is 0.407 e. The van der Waals surface area contributed by atoms with Crippen LogP contribution in [0.1, 0.15) is 20.8 Å². The fraction of sp³-hybridized carbons (Fsp3) is 0.333. The third-order valence-corrected chi connectivity index (χ3v) is 4.60. The Morgan fingerprint density at radius 1 is 1.15 bits per heavy atom. The van der Waals surface area contributed by atoms with Crippen LogP contribution in [0.2, 0.25) is 0 Å². The maximum atomic E-state index is 12.1. The summed E-state index contributed by atoms with van der Waals surface area (Å²) in [7, 11) is 3.00. The molecule has 8 heteroatoms. The zero-order valence-electron chi connectivity index (χ0n) is 14.7. The van der Waals surface area contributed by atoms with Crippen LogP contribution in [0, 0.1) is 0 Å². The summed E-state index contributed by atoms with van der Waals surface area (Å²) in [4.78, 5) is 25.9.